The van der Waals surface area contributed by atoms with E-state index in [-0.39, 0.29) is 11.6 Å². The predicted octanol–water partition coefficient (Wildman–Crippen LogP) is 2.88. The molecule has 0 aliphatic heterocycles. The normalized spacial score (nSPS) is 9.40. The molecule has 20 heavy (non-hydrogen) atoms. The van der Waals surface area contributed by atoms with Crippen molar-refractivity contribution in [2.24, 2.45) is 0 Å². The first-order valence-corrected chi connectivity index (χ1v) is 5.84. The molecule has 98 valence electrons. The summed E-state index contributed by atoms with van der Waals surface area (Å²) in [6.07, 6.45) is 0.250. The van der Waals surface area contributed by atoms with Gasteiger partial charge in [0, 0.05) is 11.6 Å². The second-order valence-corrected chi connectivity index (χ2v) is 3.92. The molecule has 0 bridgehead atoms. The van der Waals surface area contributed by atoms with Gasteiger partial charge in [-0.1, -0.05) is 42.5 Å². The standard InChI is InChI=1S/C15H10O2.CO2/c16-13-10-15(11-6-2-1-3-7-11)17-14-9-5-4-8-12(13)14;2-1-3/h1-10H;. The van der Waals surface area contributed by atoms with Crippen molar-refractivity contribution < 1.29 is 14.0 Å². The maximum Gasteiger partial charge on any atom is 0.373 e. The van der Waals surface area contributed by atoms with Crippen LogP contribution in [0.1, 0.15) is 0 Å². The van der Waals surface area contributed by atoms with Crippen molar-refractivity contribution in [2.75, 3.05) is 0 Å². The monoisotopic (exact) mass is 266 g/mol. The van der Waals surface area contributed by atoms with E-state index in [1.54, 1.807) is 6.07 Å². The Morgan fingerprint density at radius 3 is 2.15 bits per heavy atom. The van der Waals surface area contributed by atoms with E-state index in [0.717, 1.165) is 5.56 Å². The van der Waals surface area contributed by atoms with Gasteiger partial charge in [0.05, 0.1) is 5.39 Å². The molecule has 0 aliphatic carbocycles. The Hall–Kier alpha value is -2.97. The van der Waals surface area contributed by atoms with Gasteiger partial charge in [0.1, 0.15) is 11.3 Å². The number of fused-ring (bicyclic) bond motifs is 1. The molecule has 4 nitrogen and oxygen atoms in total. The molecule has 0 fully saturated rings. The van der Waals surface area contributed by atoms with Crippen LogP contribution in [0.5, 0.6) is 0 Å². The third kappa shape index (κ3) is 2.88. The van der Waals surface area contributed by atoms with Crippen LogP contribution in [0.3, 0.4) is 0 Å². The van der Waals surface area contributed by atoms with Gasteiger partial charge in [0.2, 0.25) is 0 Å². The molecular formula is C16H10O4. The minimum Gasteiger partial charge on any atom is -0.456 e. The molecule has 0 radical (unpaired) electrons. The van der Waals surface area contributed by atoms with Crippen LogP contribution in [0.2, 0.25) is 0 Å². The highest BCUT2D eigenvalue weighted by Gasteiger charge is 2.05. The summed E-state index contributed by atoms with van der Waals surface area (Å²) in [5.74, 6) is 0.606. The van der Waals surface area contributed by atoms with Crippen molar-refractivity contribution in [2.45, 2.75) is 0 Å². The van der Waals surface area contributed by atoms with Crippen molar-refractivity contribution in [3.63, 3.8) is 0 Å². The van der Waals surface area contributed by atoms with E-state index >= 15 is 0 Å². The van der Waals surface area contributed by atoms with Crippen LogP contribution in [0.25, 0.3) is 22.3 Å². The van der Waals surface area contributed by atoms with Gasteiger partial charge in [-0.25, -0.2) is 0 Å². The van der Waals surface area contributed by atoms with Gasteiger partial charge >= 0.3 is 6.15 Å². The predicted molar refractivity (Wildman–Crippen MR) is 72.9 cm³/mol. The summed E-state index contributed by atoms with van der Waals surface area (Å²) < 4.78 is 5.73. The molecular weight excluding hydrogens is 256 g/mol. The van der Waals surface area contributed by atoms with Gasteiger partial charge in [-0.3, -0.25) is 4.79 Å². The molecule has 0 amide bonds. The number of carbonyl (C=O) groups excluding carboxylic acids is 2. The van der Waals surface area contributed by atoms with Gasteiger partial charge in [-0.05, 0) is 12.1 Å². The maximum atomic E-state index is 11.9. The van der Waals surface area contributed by atoms with Crippen LogP contribution >= 0.6 is 0 Å². The second-order valence-electron chi connectivity index (χ2n) is 3.92. The summed E-state index contributed by atoms with van der Waals surface area (Å²) in [6.45, 7) is 0. The Balaban J connectivity index is 0.000000452. The zero-order valence-corrected chi connectivity index (χ0v) is 10.4. The fourth-order valence-electron chi connectivity index (χ4n) is 1.85. The van der Waals surface area contributed by atoms with Crippen LogP contribution in [-0.2, 0) is 9.59 Å². The van der Waals surface area contributed by atoms with Crippen molar-refractivity contribution in [3.8, 4) is 11.3 Å². The molecule has 4 heteroatoms. The smallest absolute Gasteiger partial charge is 0.373 e. The molecule has 0 atom stereocenters. The Morgan fingerprint density at radius 2 is 1.45 bits per heavy atom. The topological polar surface area (TPSA) is 64.3 Å². The average molecular weight is 266 g/mol. The molecule has 3 rings (SSSR count). The van der Waals surface area contributed by atoms with E-state index in [2.05, 4.69) is 0 Å². The summed E-state index contributed by atoms with van der Waals surface area (Å²) in [7, 11) is 0. The highest BCUT2D eigenvalue weighted by molar-refractivity contribution is 5.78. The molecule has 0 unspecified atom stereocenters. The lowest BCUT2D eigenvalue weighted by atomic mass is 10.1. The highest BCUT2D eigenvalue weighted by Crippen LogP contribution is 2.21. The quantitative estimate of drug-likeness (QED) is 0.679. The van der Waals surface area contributed by atoms with Crippen LogP contribution in [0.4, 0.5) is 0 Å². The Labute approximate surface area is 114 Å². The average Bonchev–Trinajstić information content (AvgIpc) is 2.49. The molecule has 2 aromatic carbocycles. The van der Waals surface area contributed by atoms with Crippen molar-refractivity contribution in [1.29, 1.82) is 0 Å². The van der Waals surface area contributed by atoms with Crippen LogP contribution in [0.15, 0.2) is 69.9 Å². The lowest BCUT2D eigenvalue weighted by Gasteiger charge is -2.02. The molecule has 0 saturated heterocycles. The van der Waals surface area contributed by atoms with E-state index in [9.17, 15) is 4.79 Å². The minimum atomic E-state index is -0.00861. The molecule has 0 spiro atoms. The SMILES string of the molecule is O=C=O.O=c1cc(-c2ccccc2)oc2ccccc12. The zero-order chi connectivity index (χ0) is 14.4. The third-order valence-corrected chi connectivity index (χ3v) is 2.69. The first-order chi connectivity index (χ1) is 9.76. The van der Waals surface area contributed by atoms with Gasteiger partial charge < -0.3 is 4.42 Å². The zero-order valence-electron chi connectivity index (χ0n) is 10.4. The summed E-state index contributed by atoms with van der Waals surface area (Å²) >= 11 is 0. The van der Waals surface area contributed by atoms with E-state index in [4.69, 9.17) is 14.0 Å². The molecule has 1 aromatic heterocycles. The van der Waals surface area contributed by atoms with Crippen LogP contribution < -0.4 is 5.43 Å². The number of hydrogen-bond acceptors (Lipinski definition) is 4. The second kappa shape index (κ2) is 6.27. The van der Waals surface area contributed by atoms with Gasteiger partial charge in [-0.15, -0.1) is 0 Å². The van der Waals surface area contributed by atoms with Gasteiger partial charge in [0.15, 0.2) is 5.43 Å². The summed E-state index contributed by atoms with van der Waals surface area (Å²) in [5, 5.41) is 0.618. The molecule has 3 aromatic rings. The van der Waals surface area contributed by atoms with E-state index in [1.807, 2.05) is 48.5 Å². The number of hydrogen-bond donors (Lipinski definition) is 0. The molecule has 1 heterocycles. The minimum absolute atomic E-state index is 0.00861. The van der Waals surface area contributed by atoms with Gasteiger partial charge in [-0.2, -0.15) is 9.59 Å². The van der Waals surface area contributed by atoms with Gasteiger partial charge in [0.25, 0.3) is 0 Å². The van der Waals surface area contributed by atoms with E-state index in [0.29, 0.717) is 16.7 Å². The van der Waals surface area contributed by atoms with Crippen molar-refractivity contribution in [3.05, 3.63) is 70.9 Å². The fraction of sp³-hybridized carbons (Fsp3) is 0. The fourth-order valence-corrected chi connectivity index (χ4v) is 1.85. The molecule has 0 aliphatic rings. The van der Waals surface area contributed by atoms with Crippen LogP contribution in [0, 0.1) is 0 Å². The van der Waals surface area contributed by atoms with Crippen LogP contribution in [-0.4, -0.2) is 6.15 Å². The Kier molecular flexibility index (Phi) is 4.22. The first kappa shape index (κ1) is 13.5. The number of para-hydroxylation sites is 1. The Morgan fingerprint density at radius 1 is 0.850 bits per heavy atom. The van der Waals surface area contributed by atoms with E-state index < -0.39 is 0 Å². The molecule has 0 N–H and O–H groups in total. The maximum absolute atomic E-state index is 11.9. The summed E-state index contributed by atoms with van der Waals surface area (Å²) in [4.78, 5) is 28.2. The summed E-state index contributed by atoms with van der Waals surface area (Å²) in [5.41, 5.74) is 1.53. The largest absolute Gasteiger partial charge is 0.456 e. The lowest BCUT2D eigenvalue weighted by Crippen LogP contribution is -1.99. The number of benzene rings is 2. The molecule has 0 saturated carbocycles. The number of rotatable bonds is 1. The highest BCUT2D eigenvalue weighted by atomic mass is 16.3. The Bertz CT molecular complexity index is 797. The third-order valence-electron chi connectivity index (χ3n) is 2.69. The van der Waals surface area contributed by atoms with Crippen molar-refractivity contribution in [1.82, 2.24) is 0 Å². The van der Waals surface area contributed by atoms with E-state index in [1.165, 1.54) is 6.07 Å². The first-order valence-electron chi connectivity index (χ1n) is 5.84. The lowest BCUT2D eigenvalue weighted by molar-refractivity contribution is -0.191. The van der Waals surface area contributed by atoms with Crippen molar-refractivity contribution >= 4 is 17.1 Å². The summed E-state index contributed by atoms with van der Waals surface area (Å²) in [6, 6.07) is 18.4.